The second-order valence-corrected chi connectivity index (χ2v) is 2.50. The van der Waals surface area contributed by atoms with Crippen molar-refractivity contribution in [1.82, 2.24) is 0 Å². The molecule has 0 spiro atoms. The van der Waals surface area contributed by atoms with Crippen molar-refractivity contribution in [2.45, 2.75) is 32.6 Å². The molecule has 1 rings (SSSR count). The maximum Gasteiger partial charge on any atom is -0.0358 e. The zero-order chi connectivity index (χ0) is 5.11. The summed E-state index contributed by atoms with van der Waals surface area (Å²) in [6.45, 7) is 2.30. The number of rotatable bonds is 0. The van der Waals surface area contributed by atoms with Gasteiger partial charge < -0.3 is 0 Å². The minimum absolute atomic E-state index is 0.911. The lowest BCUT2D eigenvalue weighted by atomic mass is 9.91. The first-order valence-corrected chi connectivity index (χ1v) is 3.23. The molecule has 0 bridgehead atoms. The molecule has 1 aliphatic rings. The van der Waals surface area contributed by atoms with E-state index in [1.165, 1.54) is 25.7 Å². The highest BCUT2D eigenvalue weighted by Gasteiger charge is 2.06. The van der Waals surface area contributed by atoms with Crippen LogP contribution in [0.3, 0.4) is 0 Å². The van der Waals surface area contributed by atoms with Gasteiger partial charge in [-0.2, -0.15) is 0 Å². The molecule has 1 aliphatic carbocycles. The van der Waals surface area contributed by atoms with Crippen LogP contribution in [0, 0.1) is 12.3 Å². The van der Waals surface area contributed by atoms with Gasteiger partial charge in [0.05, 0.1) is 0 Å². The van der Waals surface area contributed by atoms with Crippen molar-refractivity contribution in [3.05, 3.63) is 6.42 Å². The highest BCUT2D eigenvalue weighted by Crippen LogP contribution is 2.20. The molecular formula is C7H13. The molecule has 0 nitrogen and oxygen atoms in total. The number of hydrogen-bond donors (Lipinski definition) is 0. The third-order valence-corrected chi connectivity index (χ3v) is 1.68. The maximum atomic E-state index is 2.43. The average Bonchev–Trinajstić information content (AvgIpc) is 1.69. The highest BCUT2D eigenvalue weighted by atomic mass is 14.1. The van der Waals surface area contributed by atoms with E-state index in [0.717, 1.165) is 5.92 Å². The predicted molar refractivity (Wildman–Crippen MR) is 31.9 cm³/mol. The van der Waals surface area contributed by atoms with E-state index >= 15 is 0 Å². The van der Waals surface area contributed by atoms with Gasteiger partial charge >= 0.3 is 0 Å². The van der Waals surface area contributed by atoms with Gasteiger partial charge in [-0.3, -0.25) is 0 Å². The second kappa shape index (κ2) is 2.34. The van der Waals surface area contributed by atoms with Crippen LogP contribution in [0.4, 0.5) is 0 Å². The molecule has 0 aromatic heterocycles. The number of hydrogen-bond acceptors (Lipinski definition) is 0. The van der Waals surface area contributed by atoms with E-state index in [-0.39, 0.29) is 0 Å². The standard InChI is InChI=1S/C7H13/c1-7-5-3-2-4-6-7/h5,7H,2-4,6H2,1H3/t7-/m1/s1. The molecule has 0 aromatic carbocycles. The maximum absolute atomic E-state index is 2.43. The summed E-state index contributed by atoms with van der Waals surface area (Å²) in [5.41, 5.74) is 0. The lowest BCUT2D eigenvalue weighted by Crippen LogP contribution is -2.00. The van der Waals surface area contributed by atoms with Crippen LogP contribution in [0.1, 0.15) is 32.6 Å². The molecule has 1 fully saturated rings. The summed E-state index contributed by atoms with van der Waals surface area (Å²) in [4.78, 5) is 0. The Hall–Kier alpha value is 0. The Morgan fingerprint density at radius 2 is 2.29 bits per heavy atom. The Morgan fingerprint density at radius 3 is 2.57 bits per heavy atom. The third-order valence-electron chi connectivity index (χ3n) is 1.68. The fraction of sp³-hybridized carbons (Fsp3) is 0.857. The summed E-state index contributed by atoms with van der Waals surface area (Å²) in [7, 11) is 0. The summed E-state index contributed by atoms with van der Waals surface area (Å²) in [6, 6.07) is 0. The van der Waals surface area contributed by atoms with E-state index in [9.17, 15) is 0 Å². The van der Waals surface area contributed by atoms with E-state index < -0.39 is 0 Å². The Labute approximate surface area is 45.9 Å². The van der Waals surface area contributed by atoms with Crippen LogP contribution < -0.4 is 0 Å². The normalized spacial score (nSPS) is 25.3. The van der Waals surface area contributed by atoms with Crippen molar-refractivity contribution >= 4 is 0 Å². The molecule has 0 heteroatoms. The van der Waals surface area contributed by atoms with Gasteiger partial charge in [0.25, 0.3) is 0 Å². The van der Waals surface area contributed by atoms with E-state index in [4.69, 9.17) is 0 Å². The zero-order valence-corrected chi connectivity index (χ0v) is 4.98. The fourth-order valence-corrected chi connectivity index (χ4v) is 1.13. The van der Waals surface area contributed by atoms with Crippen molar-refractivity contribution in [3.8, 4) is 0 Å². The van der Waals surface area contributed by atoms with Crippen LogP contribution in [0.5, 0.6) is 0 Å². The molecular weight excluding hydrogens is 84.1 g/mol. The van der Waals surface area contributed by atoms with Crippen molar-refractivity contribution in [1.29, 1.82) is 0 Å². The van der Waals surface area contributed by atoms with Gasteiger partial charge in [0.15, 0.2) is 0 Å². The Morgan fingerprint density at radius 1 is 1.43 bits per heavy atom. The lowest BCUT2D eigenvalue weighted by molar-refractivity contribution is 0.476. The van der Waals surface area contributed by atoms with E-state index in [1.54, 1.807) is 0 Å². The summed E-state index contributed by atoms with van der Waals surface area (Å²) in [6.07, 6.45) is 8.12. The molecule has 0 aromatic rings. The Bertz CT molecular complexity index is 42.0. The molecule has 1 saturated carbocycles. The monoisotopic (exact) mass is 97.1 g/mol. The van der Waals surface area contributed by atoms with Crippen LogP contribution in [0.2, 0.25) is 0 Å². The molecule has 41 valence electrons. The minimum Gasteiger partial charge on any atom is -0.0622 e. The molecule has 7 heavy (non-hydrogen) atoms. The van der Waals surface area contributed by atoms with Crippen LogP contribution in [-0.2, 0) is 0 Å². The Balaban J connectivity index is 2.12. The van der Waals surface area contributed by atoms with Gasteiger partial charge in [-0.1, -0.05) is 26.2 Å². The van der Waals surface area contributed by atoms with Crippen molar-refractivity contribution in [2.75, 3.05) is 0 Å². The molecule has 0 heterocycles. The highest BCUT2D eigenvalue weighted by molar-refractivity contribution is 4.76. The van der Waals surface area contributed by atoms with Crippen LogP contribution >= 0.6 is 0 Å². The van der Waals surface area contributed by atoms with Gasteiger partial charge in [0, 0.05) is 0 Å². The van der Waals surface area contributed by atoms with Gasteiger partial charge in [-0.05, 0) is 18.8 Å². The van der Waals surface area contributed by atoms with Crippen LogP contribution in [-0.4, -0.2) is 0 Å². The van der Waals surface area contributed by atoms with Gasteiger partial charge in [0.2, 0.25) is 0 Å². The molecule has 1 atom stereocenters. The minimum atomic E-state index is 0.911. The summed E-state index contributed by atoms with van der Waals surface area (Å²) >= 11 is 0. The predicted octanol–water partition coefficient (Wildman–Crippen LogP) is 2.40. The summed E-state index contributed by atoms with van der Waals surface area (Å²) < 4.78 is 0. The van der Waals surface area contributed by atoms with Crippen LogP contribution in [0.15, 0.2) is 0 Å². The first-order chi connectivity index (χ1) is 3.39. The Kier molecular flexibility index (Phi) is 1.72. The molecule has 0 N–H and O–H groups in total. The first kappa shape index (κ1) is 5.14. The second-order valence-electron chi connectivity index (χ2n) is 2.50. The van der Waals surface area contributed by atoms with Gasteiger partial charge in [0.1, 0.15) is 0 Å². The van der Waals surface area contributed by atoms with Gasteiger partial charge in [-0.15, -0.1) is 0 Å². The molecule has 0 unspecified atom stereocenters. The topological polar surface area (TPSA) is 0 Å². The van der Waals surface area contributed by atoms with Gasteiger partial charge in [-0.25, -0.2) is 0 Å². The first-order valence-electron chi connectivity index (χ1n) is 3.23. The molecule has 0 amide bonds. The fourth-order valence-electron chi connectivity index (χ4n) is 1.13. The van der Waals surface area contributed by atoms with Crippen molar-refractivity contribution < 1.29 is 0 Å². The van der Waals surface area contributed by atoms with E-state index in [2.05, 4.69) is 13.3 Å². The summed E-state index contributed by atoms with van der Waals surface area (Å²) in [5, 5.41) is 0. The van der Waals surface area contributed by atoms with Crippen molar-refractivity contribution in [3.63, 3.8) is 0 Å². The zero-order valence-electron chi connectivity index (χ0n) is 4.98. The smallest absolute Gasteiger partial charge is 0.0358 e. The van der Waals surface area contributed by atoms with E-state index in [1.807, 2.05) is 0 Å². The third kappa shape index (κ3) is 1.50. The summed E-state index contributed by atoms with van der Waals surface area (Å²) in [5.74, 6) is 0.911. The van der Waals surface area contributed by atoms with Crippen molar-refractivity contribution in [2.24, 2.45) is 5.92 Å². The molecule has 0 saturated heterocycles. The molecule has 0 aliphatic heterocycles. The lowest BCUT2D eigenvalue weighted by Gasteiger charge is -2.15. The quantitative estimate of drug-likeness (QED) is 0.435. The molecule has 1 radical (unpaired) electrons. The van der Waals surface area contributed by atoms with E-state index in [0.29, 0.717) is 0 Å². The average molecular weight is 97.2 g/mol. The van der Waals surface area contributed by atoms with Crippen LogP contribution in [0.25, 0.3) is 0 Å². The largest absolute Gasteiger partial charge is 0.0622 e. The SMILES string of the molecule is C[C@@H]1[CH]CCCC1.